The molecule has 0 unspecified atom stereocenters. The fraction of sp³-hybridized carbons (Fsp3) is 0.250. The van der Waals surface area contributed by atoms with Gasteiger partial charge in [0, 0.05) is 13.1 Å². The van der Waals surface area contributed by atoms with E-state index in [-0.39, 0.29) is 10.7 Å². The Balaban J connectivity index is 1.78. The summed E-state index contributed by atoms with van der Waals surface area (Å²) in [5, 5.41) is 6.91. The third-order valence-corrected chi connectivity index (χ3v) is 3.93. The zero-order valence-electron chi connectivity index (χ0n) is 14.3. The van der Waals surface area contributed by atoms with Crippen LogP contribution in [0.15, 0.2) is 37.2 Å². The summed E-state index contributed by atoms with van der Waals surface area (Å²) in [7, 11) is 0. The number of carbonyl (C=O) groups excluding carboxylic acids is 1. The second-order valence-electron chi connectivity index (χ2n) is 5.24. The average molecular weight is 373 g/mol. The molecule has 0 bridgehead atoms. The number of halogens is 1. The topological polar surface area (TPSA) is 102 Å². The minimum Gasteiger partial charge on any atom is -0.341 e. The molecule has 3 aromatic heterocycles. The van der Waals surface area contributed by atoms with E-state index in [2.05, 4.69) is 30.4 Å². The number of amides is 1. The minimum absolute atomic E-state index is 0.115. The van der Waals surface area contributed by atoms with Gasteiger partial charge < -0.3 is 10.2 Å². The van der Waals surface area contributed by atoms with Gasteiger partial charge in [0.1, 0.15) is 12.7 Å². The molecule has 0 aliphatic rings. The van der Waals surface area contributed by atoms with Crippen LogP contribution in [0.25, 0.3) is 5.82 Å². The van der Waals surface area contributed by atoms with E-state index in [0.717, 1.165) is 13.1 Å². The molecule has 0 saturated heterocycles. The Morgan fingerprint density at radius 1 is 1.23 bits per heavy atom. The van der Waals surface area contributed by atoms with E-state index < -0.39 is 5.91 Å². The van der Waals surface area contributed by atoms with Crippen molar-refractivity contribution in [2.45, 2.75) is 13.8 Å². The van der Waals surface area contributed by atoms with Gasteiger partial charge >= 0.3 is 0 Å². The molecule has 9 nitrogen and oxygen atoms in total. The molecular weight excluding hydrogens is 356 g/mol. The molecule has 0 aliphatic heterocycles. The molecule has 0 aliphatic carbocycles. The van der Waals surface area contributed by atoms with Crippen LogP contribution in [0.5, 0.6) is 0 Å². The summed E-state index contributed by atoms with van der Waals surface area (Å²) < 4.78 is 1.52. The van der Waals surface area contributed by atoms with E-state index in [9.17, 15) is 4.79 Å². The first-order valence-electron chi connectivity index (χ1n) is 8.02. The molecule has 1 N–H and O–H groups in total. The molecule has 1 amide bonds. The number of nitrogens with one attached hydrogen (secondary N) is 1. The largest absolute Gasteiger partial charge is 0.341 e. The normalized spacial score (nSPS) is 10.6. The maximum absolute atomic E-state index is 12.5. The fourth-order valence-corrected chi connectivity index (χ4v) is 2.47. The van der Waals surface area contributed by atoms with Crippen molar-refractivity contribution < 1.29 is 4.79 Å². The van der Waals surface area contributed by atoms with Crippen LogP contribution in [0.4, 0.5) is 11.6 Å². The summed E-state index contributed by atoms with van der Waals surface area (Å²) in [6.45, 7) is 5.44. The zero-order chi connectivity index (χ0) is 18.5. The summed E-state index contributed by atoms with van der Waals surface area (Å²) in [6, 6.07) is 3.43. The lowest BCUT2D eigenvalue weighted by Crippen LogP contribution is -2.25. The molecule has 134 valence electrons. The van der Waals surface area contributed by atoms with E-state index in [1.165, 1.54) is 29.7 Å². The fourth-order valence-electron chi connectivity index (χ4n) is 2.29. The van der Waals surface area contributed by atoms with Crippen LogP contribution in [0.3, 0.4) is 0 Å². The number of nitrogens with zero attached hydrogens (tertiary/aromatic N) is 7. The predicted octanol–water partition coefficient (Wildman–Crippen LogP) is 2.20. The Morgan fingerprint density at radius 2 is 2.04 bits per heavy atom. The van der Waals surface area contributed by atoms with E-state index in [1.807, 2.05) is 18.7 Å². The lowest BCUT2D eigenvalue weighted by Gasteiger charge is -2.19. The summed E-state index contributed by atoms with van der Waals surface area (Å²) >= 11 is 6.10. The molecule has 0 saturated carbocycles. The van der Waals surface area contributed by atoms with Crippen LogP contribution >= 0.6 is 11.6 Å². The molecular formula is C16H17ClN8O. The maximum Gasteiger partial charge on any atom is 0.276 e. The molecule has 0 radical (unpaired) electrons. The lowest BCUT2D eigenvalue weighted by molar-refractivity contribution is 0.102. The Kier molecular flexibility index (Phi) is 5.37. The number of pyridine rings is 1. The first-order chi connectivity index (χ1) is 12.6. The summed E-state index contributed by atoms with van der Waals surface area (Å²) in [5.74, 6) is 0.620. The van der Waals surface area contributed by atoms with Gasteiger partial charge in [-0.1, -0.05) is 11.6 Å². The van der Waals surface area contributed by atoms with Crippen molar-refractivity contribution >= 4 is 29.1 Å². The highest BCUT2D eigenvalue weighted by molar-refractivity contribution is 6.34. The molecule has 3 rings (SSSR count). The maximum atomic E-state index is 12.5. The van der Waals surface area contributed by atoms with Crippen molar-refractivity contribution in [1.29, 1.82) is 0 Å². The van der Waals surface area contributed by atoms with Crippen LogP contribution in [0.2, 0.25) is 5.02 Å². The quantitative estimate of drug-likeness (QED) is 0.707. The van der Waals surface area contributed by atoms with E-state index in [4.69, 9.17) is 11.6 Å². The molecule has 0 spiro atoms. The summed E-state index contributed by atoms with van der Waals surface area (Å²) in [6.07, 6.45) is 5.91. The molecule has 26 heavy (non-hydrogen) atoms. The number of hydrogen-bond donors (Lipinski definition) is 1. The van der Waals surface area contributed by atoms with Gasteiger partial charge in [0.05, 0.1) is 23.1 Å². The van der Waals surface area contributed by atoms with Gasteiger partial charge in [-0.2, -0.15) is 5.10 Å². The van der Waals surface area contributed by atoms with Crippen LogP contribution in [0.1, 0.15) is 24.3 Å². The summed E-state index contributed by atoms with van der Waals surface area (Å²) in [4.78, 5) is 31.1. The molecule has 3 heterocycles. The van der Waals surface area contributed by atoms with Gasteiger partial charge in [-0.05, 0) is 26.0 Å². The predicted molar refractivity (Wildman–Crippen MR) is 97.7 cm³/mol. The van der Waals surface area contributed by atoms with E-state index in [0.29, 0.717) is 17.5 Å². The van der Waals surface area contributed by atoms with Gasteiger partial charge in [0.25, 0.3) is 5.91 Å². The van der Waals surface area contributed by atoms with E-state index >= 15 is 0 Å². The van der Waals surface area contributed by atoms with Gasteiger partial charge in [0.15, 0.2) is 11.5 Å². The molecule has 0 fully saturated rings. The van der Waals surface area contributed by atoms with Crippen molar-refractivity contribution in [3.05, 3.63) is 47.9 Å². The van der Waals surface area contributed by atoms with Crippen molar-refractivity contribution in [3.8, 4) is 5.82 Å². The second kappa shape index (κ2) is 7.87. The van der Waals surface area contributed by atoms with Crippen LogP contribution in [0, 0.1) is 0 Å². The Hall–Kier alpha value is -3.07. The standard InChI is InChI=1S/C16H17ClN8O/c1-3-24(4-2)16-20-8-12(17)14(23-16)15(26)22-11-5-6-13(19-7-11)25-10-18-9-21-25/h5-10H,3-4H2,1-2H3,(H,22,26). The number of aromatic nitrogens is 6. The van der Waals surface area contributed by atoms with Crippen molar-refractivity contribution in [3.63, 3.8) is 0 Å². The number of rotatable bonds is 6. The Morgan fingerprint density at radius 3 is 2.65 bits per heavy atom. The van der Waals surface area contributed by atoms with Crippen molar-refractivity contribution in [2.75, 3.05) is 23.3 Å². The lowest BCUT2D eigenvalue weighted by atomic mass is 10.3. The van der Waals surface area contributed by atoms with E-state index in [1.54, 1.807) is 12.1 Å². The first kappa shape index (κ1) is 17.7. The van der Waals surface area contributed by atoms with Gasteiger partial charge in [-0.3, -0.25) is 4.79 Å². The molecule has 0 atom stereocenters. The zero-order valence-corrected chi connectivity index (χ0v) is 15.1. The highest BCUT2D eigenvalue weighted by Crippen LogP contribution is 2.18. The molecule has 10 heteroatoms. The Labute approximate surface area is 155 Å². The Bertz CT molecular complexity index is 878. The second-order valence-corrected chi connectivity index (χ2v) is 5.65. The molecule has 0 aromatic carbocycles. The average Bonchev–Trinajstić information content (AvgIpc) is 3.19. The monoisotopic (exact) mass is 372 g/mol. The smallest absolute Gasteiger partial charge is 0.276 e. The number of hydrogen-bond acceptors (Lipinski definition) is 7. The van der Waals surface area contributed by atoms with Crippen LogP contribution in [-0.2, 0) is 0 Å². The van der Waals surface area contributed by atoms with Crippen LogP contribution in [-0.4, -0.2) is 48.7 Å². The first-order valence-corrected chi connectivity index (χ1v) is 8.40. The summed E-state index contributed by atoms with van der Waals surface area (Å²) in [5.41, 5.74) is 0.627. The SMILES string of the molecule is CCN(CC)c1ncc(Cl)c(C(=O)Nc2ccc(-n3cncn3)nc2)n1. The highest BCUT2D eigenvalue weighted by atomic mass is 35.5. The highest BCUT2D eigenvalue weighted by Gasteiger charge is 2.16. The third-order valence-electron chi connectivity index (χ3n) is 3.65. The number of anilines is 2. The van der Waals surface area contributed by atoms with Gasteiger partial charge in [-0.15, -0.1) is 0 Å². The van der Waals surface area contributed by atoms with Gasteiger partial charge in [0.2, 0.25) is 5.95 Å². The van der Waals surface area contributed by atoms with Crippen molar-refractivity contribution in [1.82, 2.24) is 29.7 Å². The number of carbonyl (C=O) groups is 1. The third kappa shape index (κ3) is 3.77. The van der Waals surface area contributed by atoms with Gasteiger partial charge in [-0.25, -0.2) is 24.6 Å². The van der Waals surface area contributed by atoms with Crippen LogP contribution < -0.4 is 10.2 Å². The minimum atomic E-state index is -0.430. The van der Waals surface area contributed by atoms with Crippen molar-refractivity contribution in [2.24, 2.45) is 0 Å². The molecule has 3 aromatic rings.